The summed E-state index contributed by atoms with van der Waals surface area (Å²) in [5, 5.41) is 70.4. The van der Waals surface area contributed by atoms with Gasteiger partial charge >= 0.3 is 11.9 Å². The van der Waals surface area contributed by atoms with Crippen molar-refractivity contribution in [2.75, 3.05) is 32.8 Å². The van der Waals surface area contributed by atoms with Crippen molar-refractivity contribution in [2.45, 2.75) is 158 Å². The summed E-state index contributed by atoms with van der Waals surface area (Å²) in [7, 11) is 0. The summed E-state index contributed by atoms with van der Waals surface area (Å²) in [4.78, 5) is 180. The minimum Gasteiger partial charge on any atom is -0.508 e. The van der Waals surface area contributed by atoms with Crippen LogP contribution in [0.15, 0.2) is 34.3 Å². The van der Waals surface area contributed by atoms with Gasteiger partial charge in [-0.05, 0) is 81.5 Å². The SMILES string of the molecule is CC(C)[C@H](NC(=O)[C@H](CCC(=O)O)NC(=O)[C@H](CO)NC(=O)[C@H](Cc1ccc(O)cc1)NC(=O)[C@H](CCCN=C(N)N)NC(=O)[C@H](CCC(N)=O)NC(=O)[C@H](CCCN=C(N)N)NC(=O)[C@H](CO)NC(=O)[C@H](CC(N)=O)NC(=O)[C@@H](N)CCCCN)C(=O)O. The second kappa shape index (κ2) is 40.8. The Balaban J connectivity index is 3.75. The lowest BCUT2D eigenvalue weighted by molar-refractivity contribution is -0.144. The molecule has 1 aromatic rings. The third-order valence-electron chi connectivity index (χ3n) is 13.0. The van der Waals surface area contributed by atoms with Crippen LogP contribution in [0.25, 0.3) is 0 Å². The highest BCUT2D eigenvalue weighted by Crippen LogP contribution is 2.14. The van der Waals surface area contributed by atoms with Gasteiger partial charge in [-0.3, -0.25) is 67.5 Å². The Kier molecular flexibility index (Phi) is 35.5. The van der Waals surface area contributed by atoms with Crippen LogP contribution < -0.4 is 93.7 Å². The minimum atomic E-state index is -1.93. The molecule has 0 spiro atoms. The number of aliphatic hydroxyl groups is 2. The molecule has 0 aliphatic rings. The standard InChI is InChI=1S/C52H87N19O18/c1-25(2)40(50(88)89)71-45(83)32(15-17-39(77)78)66-49(87)36(24-73)69-46(84)33(21-26-10-12-27(74)13-11-26)68-43(81)30(9-6-20-62-52(59)60)63-44(82)31(14-16-37(55)75)65-42(80)29(8-5-19-61-51(57)58)64-48(86)35(23-72)70-47(85)34(22-38(56)76)67-41(79)28(54)7-3-4-18-53/h10-13,25,28-36,40,72-74H,3-9,14-24,53-54H2,1-2H3,(H2,55,75)(H2,56,76)(H,63,82)(H,64,86)(H,65,80)(H,66,87)(H,67,79)(H,68,81)(H,69,84)(H,70,85)(H,71,83)(H,77,78)(H,88,89)(H4,57,58,61)(H4,59,60,62)/t28-,29-,30-,31-,32-,33-,34-,35-,36-,40-/m0/s1. The average Bonchev–Trinajstić information content (AvgIpc) is 2.13. The second-order valence-corrected chi connectivity index (χ2v) is 20.7. The van der Waals surface area contributed by atoms with E-state index in [1.807, 2.05) is 0 Å². The molecular weight excluding hydrogens is 1180 g/mol. The van der Waals surface area contributed by atoms with Crippen LogP contribution in [0.3, 0.4) is 0 Å². The maximum Gasteiger partial charge on any atom is 0.326 e. The lowest BCUT2D eigenvalue weighted by Gasteiger charge is -2.28. The number of rotatable bonds is 44. The summed E-state index contributed by atoms with van der Waals surface area (Å²) >= 11 is 0. The maximum absolute atomic E-state index is 14.5. The monoisotopic (exact) mass is 1270 g/mol. The number of phenolic OH excluding ortho intramolecular Hbond substituents is 1. The molecule has 0 saturated carbocycles. The molecule has 1 aromatic carbocycles. The van der Waals surface area contributed by atoms with E-state index in [0.29, 0.717) is 19.4 Å². The first-order valence-corrected chi connectivity index (χ1v) is 28.1. The van der Waals surface area contributed by atoms with Crippen LogP contribution >= 0.6 is 0 Å². The molecule has 0 radical (unpaired) electrons. The van der Waals surface area contributed by atoms with Crippen molar-refractivity contribution in [3.8, 4) is 5.75 Å². The summed E-state index contributed by atoms with van der Waals surface area (Å²) in [5.41, 5.74) is 44.4. The molecular formula is C52H87N19O18. The van der Waals surface area contributed by atoms with Crippen molar-refractivity contribution in [2.24, 2.45) is 61.8 Å². The van der Waals surface area contributed by atoms with Crippen LogP contribution in [0, 0.1) is 5.92 Å². The summed E-state index contributed by atoms with van der Waals surface area (Å²) < 4.78 is 0. The smallest absolute Gasteiger partial charge is 0.326 e. The van der Waals surface area contributed by atoms with Crippen molar-refractivity contribution in [1.29, 1.82) is 0 Å². The van der Waals surface area contributed by atoms with Crippen molar-refractivity contribution < 1.29 is 87.9 Å². The third kappa shape index (κ3) is 31.1. The Morgan fingerprint density at radius 3 is 1.24 bits per heavy atom. The van der Waals surface area contributed by atoms with Gasteiger partial charge in [-0.15, -0.1) is 0 Å². The number of nitrogens with two attached hydrogens (primary N) is 8. The van der Waals surface area contributed by atoms with Crippen molar-refractivity contribution in [3.63, 3.8) is 0 Å². The van der Waals surface area contributed by atoms with Gasteiger partial charge in [-0.2, -0.15) is 0 Å². The van der Waals surface area contributed by atoms with E-state index in [1.54, 1.807) is 0 Å². The van der Waals surface area contributed by atoms with E-state index in [1.165, 1.54) is 38.1 Å². The molecule has 0 heterocycles. The zero-order valence-electron chi connectivity index (χ0n) is 49.4. The van der Waals surface area contributed by atoms with E-state index in [2.05, 4.69) is 57.8 Å². The molecule has 0 aromatic heterocycles. The lowest BCUT2D eigenvalue weighted by atomic mass is 10.0. The van der Waals surface area contributed by atoms with E-state index >= 15 is 0 Å². The molecule has 0 aliphatic heterocycles. The molecule has 498 valence electrons. The van der Waals surface area contributed by atoms with E-state index in [-0.39, 0.29) is 68.4 Å². The summed E-state index contributed by atoms with van der Waals surface area (Å²) in [6.45, 7) is 0.691. The molecule has 30 N–H and O–H groups in total. The number of nitrogens with one attached hydrogen (secondary N) is 9. The Labute approximate surface area is 511 Å². The Morgan fingerprint density at radius 2 is 0.843 bits per heavy atom. The van der Waals surface area contributed by atoms with Gasteiger partial charge in [-0.1, -0.05) is 32.4 Å². The number of carboxylic acids is 2. The van der Waals surface area contributed by atoms with Crippen LogP contribution in [0.5, 0.6) is 5.75 Å². The molecule has 37 heteroatoms. The van der Waals surface area contributed by atoms with Gasteiger partial charge in [0.2, 0.25) is 65.0 Å². The Morgan fingerprint density at radius 1 is 0.461 bits per heavy atom. The van der Waals surface area contributed by atoms with Crippen molar-refractivity contribution in [3.05, 3.63) is 29.8 Å². The molecule has 0 bridgehead atoms. The lowest BCUT2D eigenvalue weighted by Crippen LogP contribution is -2.61. The number of carbonyl (C=O) groups is 13. The number of benzene rings is 1. The van der Waals surface area contributed by atoms with Gasteiger partial charge in [0.15, 0.2) is 11.9 Å². The average molecular weight is 1270 g/mol. The minimum absolute atomic E-state index is 0.0542. The number of phenols is 1. The normalized spacial score (nSPS) is 14.3. The number of hydrogen-bond acceptors (Lipinski definition) is 20. The number of aromatic hydroxyl groups is 1. The summed E-state index contributed by atoms with van der Waals surface area (Å²) in [6.07, 6.45) is -3.26. The Bertz CT molecular complexity index is 2640. The molecule has 0 fully saturated rings. The van der Waals surface area contributed by atoms with E-state index < -0.39 is 195 Å². The van der Waals surface area contributed by atoms with Gasteiger partial charge in [0, 0.05) is 32.4 Å². The first-order valence-electron chi connectivity index (χ1n) is 28.1. The topological polar surface area (TPSA) is 664 Å². The maximum atomic E-state index is 14.5. The number of aliphatic imine (C=N–C) groups is 2. The Hall–Kier alpha value is -9.49. The zero-order valence-corrected chi connectivity index (χ0v) is 49.4. The molecule has 10 atom stereocenters. The predicted molar refractivity (Wildman–Crippen MR) is 316 cm³/mol. The van der Waals surface area contributed by atoms with E-state index in [0.717, 1.165) is 0 Å². The number of primary amides is 2. The fraction of sp³-hybridized carbons (Fsp3) is 0.596. The molecule has 0 aliphatic carbocycles. The molecule has 37 nitrogen and oxygen atoms in total. The van der Waals surface area contributed by atoms with Gasteiger partial charge in [-0.25, -0.2) is 4.79 Å². The molecule has 1 rings (SSSR count). The number of amides is 11. The van der Waals surface area contributed by atoms with Gasteiger partial charge in [0.25, 0.3) is 0 Å². The third-order valence-corrected chi connectivity index (χ3v) is 13.0. The van der Waals surface area contributed by atoms with Crippen molar-refractivity contribution >= 4 is 88.8 Å². The molecule has 0 saturated heterocycles. The van der Waals surface area contributed by atoms with Gasteiger partial charge in [0.05, 0.1) is 25.7 Å². The quantitative estimate of drug-likeness (QED) is 0.0164. The largest absolute Gasteiger partial charge is 0.508 e. The number of aliphatic hydroxyl groups excluding tert-OH is 2. The number of hydrogen-bond donors (Lipinski definition) is 22. The van der Waals surface area contributed by atoms with Crippen molar-refractivity contribution in [1.82, 2.24) is 47.9 Å². The number of unbranched alkanes of at least 4 members (excludes halogenated alkanes) is 1. The fourth-order valence-electron chi connectivity index (χ4n) is 8.10. The highest BCUT2D eigenvalue weighted by Gasteiger charge is 2.36. The number of guanidine groups is 2. The summed E-state index contributed by atoms with van der Waals surface area (Å²) in [6, 6.07) is -11.5. The number of nitrogens with zero attached hydrogens (tertiary/aromatic N) is 2. The van der Waals surface area contributed by atoms with Crippen LogP contribution in [-0.2, 0) is 68.7 Å². The van der Waals surface area contributed by atoms with E-state index in [4.69, 9.17) is 45.9 Å². The highest BCUT2D eigenvalue weighted by molar-refractivity contribution is 5.99. The first-order chi connectivity index (χ1) is 41.8. The van der Waals surface area contributed by atoms with Crippen LogP contribution in [-0.4, -0.2) is 208 Å². The number of carboxylic acid groups (broad SMARTS) is 2. The van der Waals surface area contributed by atoms with Gasteiger partial charge in [0.1, 0.15) is 60.1 Å². The van der Waals surface area contributed by atoms with Gasteiger partial charge < -0.3 is 119 Å². The number of aliphatic carboxylic acids is 2. The van der Waals surface area contributed by atoms with Crippen LogP contribution in [0.4, 0.5) is 0 Å². The molecule has 89 heavy (non-hydrogen) atoms. The molecule has 11 amide bonds. The number of carbonyl (C=O) groups excluding carboxylic acids is 11. The highest BCUT2D eigenvalue weighted by atomic mass is 16.4. The van der Waals surface area contributed by atoms with Crippen LogP contribution in [0.2, 0.25) is 0 Å². The van der Waals surface area contributed by atoms with Crippen LogP contribution in [0.1, 0.15) is 96.5 Å². The zero-order chi connectivity index (χ0) is 67.5. The summed E-state index contributed by atoms with van der Waals surface area (Å²) in [5.74, 6) is -16.7. The fourth-order valence-corrected chi connectivity index (χ4v) is 8.10. The predicted octanol–water partition coefficient (Wildman–Crippen LogP) is -9.41. The van der Waals surface area contributed by atoms with E-state index in [9.17, 15) is 87.9 Å². The second-order valence-electron chi connectivity index (χ2n) is 20.7. The first kappa shape index (κ1) is 77.5. The molecule has 0 unspecified atom stereocenters.